The minimum Gasteiger partial charge on any atom is -0.444 e. The van der Waals surface area contributed by atoms with E-state index in [1.54, 1.807) is 17.9 Å². The first-order chi connectivity index (χ1) is 11.3. The van der Waals surface area contributed by atoms with Crippen molar-refractivity contribution in [2.24, 2.45) is 0 Å². The van der Waals surface area contributed by atoms with Crippen LogP contribution < -0.4 is 10.2 Å². The van der Waals surface area contributed by atoms with Crippen LogP contribution >= 0.6 is 0 Å². The molecule has 8 heteroatoms. The fourth-order valence-electron chi connectivity index (χ4n) is 2.26. The Balaban J connectivity index is 1.93. The molecule has 1 aliphatic heterocycles. The molecule has 0 bridgehead atoms. The van der Waals surface area contributed by atoms with E-state index in [0.29, 0.717) is 38.4 Å². The summed E-state index contributed by atoms with van der Waals surface area (Å²) < 4.78 is 5.39. The van der Waals surface area contributed by atoms with Crippen LogP contribution in [0.25, 0.3) is 0 Å². The summed E-state index contributed by atoms with van der Waals surface area (Å²) in [6.45, 7) is 9.78. The third kappa shape index (κ3) is 5.07. The molecular formula is C16H25N5O3. The van der Waals surface area contributed by atoms with Crippen molar-refractivity contribution < 1.29 is 14.3 Å². The zero-order valence-electron chi connectivity index (χ0n) is 14.7. The Labute approximate surface area is 142 Å². The molecule has 132 valence electrons. The summed E-state index contributed by atoms with van der Waals surface area (Å²) in [5, 5.41) is 2.72. The van der Waals surface area contributed by atoms with Gasteiger partial charge in [-0.3, -0.25) is 4.79 Å². The van der Waals surface area contributed by atoms with Gasteiger partial charge in [-0.25, -0.2) is 14.8 Å². The van der Waals surface area contributed by atoms with Crippen molar-refractivity contribution in [1.29, 1.82) is 0 Å². The Kier molecular flexibility index (Phi) is 5.58. The van der Waals surface area contributed by atoms with Crippen LogP contribution in [0.1, 0.15) is 34.1 Å². The molecule has 24 heavy (non-hydrogen) atoms. The fraction of sp³-hybridized carbons (Fsp3) is 0.625. The molecule has 8 nitrogen and oxygen atoms in total. The highest BCUT2D eigenvalue weighted by Crippen LogP contribution is 2.18. The zero-order chi connectivity index (χ0) is 17.7. The quantitative estimate of drug-likeness (QED) is 0.907. The topological polar surface area (TPSA) is 87.7 Å². The second kappa shape index (κ2) is 7.46. The van der Waals surface area contributed by atoms with Crippen molar-refractivity contribution >= 4 is 23.6 Å². The number of anilines is 2. The first-order valence-electron chi connectivity index (χ1n) is 8.13. The molecule has 1 saturated heterocycles. The number of hydrogen-bond donors (Lipinski definition) is 1. The molecule has 2 rings (SSSR count). The van der Waals surface area contributed by atoms with Gasteiger partial charge in [0.1, 0.15) is 23.6 Å². The summed E-state index contributed by atoms with van der Waals surface area (Å²) in [6, 6.07) is 1.75. The standard InChI is InChI=1S/C16H25N5O3/c1-5-14(22)19-12-10-13(18-11-17-12)20-6-8-21(9-7-20)15(23)24-16(2,3)4/h10-11H,5-9H2,1-4H3,(H,17,18,19,22). The van der Waals surface area contributed by atoms with Gasteiger partial charge in [0.15, 0.2) is 0 Å². The average molecular weight is 335 g/mol. The number of rotatable bonds is 3. The van der Waals surface area contributed by atoms with Crippen molar-refractivity contribution in [3.8, 4) is 0 Å². The number of nitrogens with one attached hydrogen (secondary N) is 1. The lowest BCUT2D eigenvalue weighted by atomic mass is 10.2. The second-order valence-corrected chi connectivity index (χ2v) is 6.62. The summed E-state index contributed by atoms with van der Waals surface area (Å²) in [5.74, 6) is 1.14. The number of nitrogens with zero attached hydrogens (tertiary/aromatic N) is 4. The monoisotopic (exact) mass is 335 g/mol. The van der Waals surface area contributed by atoms with Crippen molar-refractivity contribution in [2.75, 3.05) is 36.4 Å². The predicted molar refractivity (Wildman–Crippen MR) is 91.0 cm³/mol. The Morgan fingerprint density at radius 1 is 1.21 bits per heavy atom. The van der Waals surface area contributed by atoms with Gasteiger partial charge in [0.25, 0.3) is 0 Å². The number of hydrogen-bond acceptors (Lipinski definition) is 6. The first kappa shape index (κ1) is 18.0. The minimum atomic E-state index is -0.493. The van der Waals surface area contributed by atoms with Crippen LogP contribution in [-0.4, -0.2) is 58.6 Å². The third-order valence-electron chi connectivity index (χ3n) is 3.50. The molecular weight excluding hydrogens is 310 g/mol. The van der Waals surface area contributed by atoms with E-state index in [4.69, 9.17) is 4.74 Å². The molecule has 0 aliphatic carbocycles. The van der Waals surface area contributed by atoms with Crippen molar-refractivity contribution in [3.63, 3.8) is 0 Å². The van der Waals surface area contributed by atoms with Gasteiger partial charge < -0.3 is 19.9 Å². The van der Waals surface area contributed by atoms with Gasteiger partial charge in [0.2, 0.25) is 5.91 Å². The maximum absolute atomic E-state index is 12.1. The van der Waals surface area contributed by atoms with Crippen LogP contribution in [0.15, 0.2) is 12.4 Å². The smallest absolute Gasteiger partial charge is 0.410 e. The van der Waals surface area contributed by atoms with Gasteiger partial charge in [-0.1, -0.05) is 6.92 Å². The molecule has 0 radical (unpaired) electrons. The van der Waals surface area contributed by atoms with E-state index in [9.17, 15) is 9.59 Å². The van der Waals surface area contributed by atoms with Crippen LogP contribution in [0.2, 0.25) is 0 Å². The van der Waals surface area contributed by atoms with E-state index in [0.717, 1.165) is 5.82 Å². The van der Waals surface area contributed by atoms with Gasteiger partial charge in [0.05, 0.1) is 0 Å². The lowest BCUT2D eigenvalue weighted by Gasteiger charge is -2.36. The highest BCUT2D eigenvalue weighted by Gasteiger charge is 2.26. The van der Waals surface area contributed by atoms with E-state index < -0.39 is 5.60 Å². The molecule has 0 saturated carbocycles. The fourth-order valence-corrected chi connectivity index (χ4v) is 2.26. The van der Waals surface area contributed by atoms with E-state index in [-0.39, 0.29) is 12.0 Å². The largest absolute Gasteiger partial charge is 0.444 e. The average Bonchev–Trinajstić information content (AvgIpc) is 2.53. The van der Waals surface area contributed by atoms with E-state index in [1.165, 1.54) is 6.33 Å². The highest BCUT2D eigenvalue weighted by molar-refractivity contribution is 5.89. The molecule has 0 atom stereocenters. The van der Waals surface area contributed by atoms with Gasteiger partial charge in [0, 0.05) is 38.7 Å². The second-order valence-electron chi connectivity index (χ2n) is 6.62. The summed E-state index contributed by atoms with van der Waals surface area (Å²) in [7, 11) is 0. The molecule has 1 N–H and O–H groups in total. The maximum Gasteiger partial charge on any atom is 0.410 e. The first-order valence-corrected chi connectivity index (χ1v) is 8.13. The normalized spacial score (nSPS) is 15.2. The zero-order valence-corrected chi connectivity index (χ0v) is 14.7. The molecule has 1 aliphatic rings. The molecule has 1 fully saturated rings. The molecule has 1 aromatic heterocycles. The number of piperazine rings is 1. The van der Waals surface area contributed by atoms with Crippen LogP contribution in [-0.2, 0) is 9.53 Å². The Bertz CT molecular complexity index is 592. The minimum absolute atomic E-state index is 0.0885. The van der Waals surface area contributed by atoms with Gasteiger partial charge in [-0.05, 0) is 20.8 Å². The van der Waals surface area contributed by atoms with E-state index in [1.807, 2.05) is 20.8 Å². The number of carbonyl (C=O) groups excluding carboxylic acids is 2. The molecule has 2 heterocycles. The SMILES string of the molecule is CCC(=O)Nc1cc(N2CCN(C(=O)OC(C)(C)C)CC2)ncn1. The van der Waals surface area contributed by atoms with Crippen molar-refractivity contribution in [1.82, 2.24) is 14.9 Å². The Hall–Kier alpha value is -2.38. The van der Waals surface area contributed by atoms with Gasteiger partial charge in [-0.15, -0.1) is 0 Å². The highest BCUT2D eigenvalue weighted by atomic mass is 16.6. The van der Waals surface area contributed by atoms with E-state index >= 15 is 0 Å². The molecule has 0 aromatic carbocycles. The predicted octanol–water partition coefficient (Wildman–Crippen LogP) is 1.88. The van der Waals surface area contributed by atoms with Crippen molar-refractivity contribution in [2.45, 2.75) is 39.7 Å². The Morgan fingerprint density at radius 2 is 1.88 bits per heavy atom. The number of carbonyl (C=O) groups is 2. The van der Waals surface area contributed by atoms with Crippen LogP contribution in [0.4, 0.5) is 16.4 Å². The molecule has 1 aromatic rings. The molecule has 2 amide bonds. The van der Waals surface area contributed by atoms with Gasteiger partial charge in [-0.2, -0.15) is 0 Å². The van der Waals surface area contributed by atoms with Gasteiger partial charge >= 0.3 is 6.09 Å². The van der Waals surface area contributed by atoms with E-state index in [2.05, 4.69) is 20.2 Å². The number of aromatic nitrogens is 2. The van der Waals surface area contributed by atoms with Crippen LogP contribution in [0.5, 0.6) is 0 Å². The number of ether oxygens (including phenoxy) is 1. The summed E-state index contributed by atoms with van der Waals surface area (Å²) >= 11 is 0. The Morgan fingerprint density at radius 3 is 2.46 bits per heavy atom. The maximum atomic E-state index is 12.1. The lowest BCUT2D eigenvalue weighted by molar-refractivity contribution is -0.115. The lowest BCUT2D eigenvalue weighted by Crippen LogP contribution is -2.50. The van der Waals surface area contributed by atoms with Crippen LogP contribution in [0.3, 0.4) is 0 Å². The van der Waals surface area contributed by atoms with Crippen molar-refractivity contribution in [3.05, 3.63) is 12.4 Å². The molecule has 0 unspecified atom stereocenters. The summed E-state index contributed by atoms with van der Waals surface area (Å²) in [5.41, 5.74) is -0.493. The third-order valence-corrected chi connectivity index (χ3v) is 3.50. The summed E-state index contributed by atoms with van der Waals surface area (Å²) in [4.78, 5) is 35.6. The van der Waals surface area contributed by atoms with Crippen LogP contribution in [0, 0.1) is 0 Å². The molecule has 0 spiro atoms. The number of amides is 2. The summed E-state index contributed by atoms with van der Waals surface area (Å²) in [6.07, 6.45) is 1.54.